The number of hydrogen-bond donors (Lipinski definition) is 3. The highest BCUT2D eigenvalue weighted by Crippen LogP contribution is 2.48. The summed E-state index contributed by atoms with van der Waals surface area (Å²) in [4.78, 5) is 25.5. The number of hydrogen-bond acceptors (Lipinski definition) is 6. The van der Waals surface area contributed by atoms with Crippen LogP contribution in [0.4, 0.5) is 5.69 Å². The summed E-state index contributed by atoms with van der Waals surface area (Å²) < 4.78 is 6.15. The lowest BCUT2D eigenvalue weighted by Gasteiger charge is -2.43. The fraction of sp³-hybridized carbons (Fsp3) is 0.333. The van der Waals surface area contributed by atoms with E-state index in [2.05, 4.69) is 21.2 Å². The quantitative estimate of drug-likeness (QED) is 0.552. The number of nitrogens with one attached hydrogen (secondary N) is 1. The van der Waals surface area contributed by atoms with Crippen LogP contribution in [0.3, 0.4) is 0 Å². The molecule has 31 heavy (non-hydrogen) atoms. The third-order valence-corrected chi connectivity index (χ3v) is 6.22. The van der Waals surface area contributed by atoms with E-state index in [-0.39, 0.29) is 29.5 Å². The van der Waals surface area contributed by atoms with E-state index in [0.29, 0.717) is 16.8 Å². The molecule has 0 saturated heterocycles. The Hall–Kier alpha value is -2.64. The summed E-state index contributed by atoms with van der Waals surface area (Å²) in [5.41, 5.74) is 0.973. The van der Waals surface area contributed by atoms with Gasteiger partial charge in [0.2, 0.25) is 0 Å². The Morgan fingerprint density at radius 3 is 2.35 bits per heavy atom. The van der Waals surface area contributed by atoms with E-state index in [1.807, 2.05) is 24.3 Å². The van der Waals surface area contributed by atoms with Crippen molar-refractivity contribution in [3.63, 3.8) is 0 Å². The van der Waals surface area contributed by atoms with E-state index in [1.54, 1.807) is 19.1 Å². The first-order valence-corrected chi connectivity index (χ1v) is 10.7. The van der Waals surface area contributed by atoms with Crippen molar-refractivity contribution in [1.82, 2.24) is 0 Å². The molecule has 3 N–H and O–H groups in total. The number of ketones is 2. The van der Waals surface area contributed by atoms with E-state index < -0.39 is 17.4 Å². The Morgan fingerprint density at radius 1 is 1.16 bits per heavy atom. The van der Waals surface area contributed by atoms with Gasteiger partial charge < -0.3 is 20.3 Å². The van der Waals surface area contributed by atoms with Gasteiger partial charge in [-0.1, -0.05) is 22.0 Å². The standard InChI is InChI=1S/C24H26BrNO5/c1-13(27)21-18(26-17-8-6-16(25)7-9-17)12-24(3,30)23(14(2)28)22(21)15-5-10-19(29)20(11-15)31-4/h5-11,22-23,26,29-30H,12H2,1-4H3. The van der Waals surface area contributed by atoms with Gasteiger partial charge in [0.1, 0.15) is 5.78 Å². The highest BCUT2D eigenvalue weighted by Gasteiger charge is 2.49. The minimum Gasteiger partial charge on any atom is -0.504 e. The van der Waals surface area contributed by atoms with Crippen LogP contribution in [0.15, 0.2) is 58.2 Å². The fourth-order valence-electron chi connectivity index (χ4n) is 4.45. The number of methoxy groups -OCH3 is 1. The topological polar surface area (TPSA) is 95.9 Å². The van der Waals surface area contributed by atoms with Crippen molar-refractivity contribution in [1.29, 1.82) is 0 Å². The summed E-state index contributed by atoms with van der Waals surface area (Å²) >= 11 is 3.40. The van der Waals surface area contributed by atoms with Gasteiger partial charge in [0.05, 0.1) is 18.6 Å². The van der Waals surface area contributed by atoms with Crippen molar-refractivity contribution in [3.8, 4) is 11.5 Å². The molecule has 7 heteroatoms. The van der Waals surface area contributed by atoms with Crippen molar-refractivity contribution in [3.05, 3.63) is 63.8 Å². The smallest absolute Gasteiger partial charge is 0.160 e. The molecule has 0 amide bonds. The van der Waals surface area contributed by atoms with E-state index in [9.17, 15) is 19.8 Å². The van der Waals surface area contributed by atoms with Gasteiger partial charge in [-0.3, -0.25) is 9.59 Å². The molecular weight excluding hydrogens is 462 g/mol. The number of phenolic OH excluding ortho intramolecular Hbond substituents is 1. The van der Waals surface area contributed by atoms with E-state index in [4.69, 9.17) is 4.74 Å². The van der Waals surface area contributed by atoms with Gasteiger partial charge in [0.25, 0.3) is 0 Å². The molecule has 3 atom stereocenters. The number of halogens is 1. The SMILES string of the molecule is COc1cc(C2C(C(C)=O)=C(Nc3ccc(Br)cc3)CC(C)(O)C2C(C)=O)ccc1O. The zero-order chi connectivity index (χ0) is 22.9. The van der Waals surface area contributed by atoms with Crippen LogP contribution in [-0.2, 0) is 9.59 Å². The summed E-state index contributed by atoms with van der Waals surface area (Å²) in [5.74, 6) is -1.77. The van der Waals surface area contributed by atoms with Crippen LogP contribution in [0.5, 0.6) is 11.5 Å². The van der Waals surface area contributed by atoms with E-state index in [1.165, 1.54) is 27.0 Å². The molecule has 0 bridgehead atoms. The molecule has 164 valence electrons. The van der Waals surface area contributed by atoms with E-state index in [0.717, 1.165) is 10.2 Å². The Kier molecular flexibility index (Phi) is 6.57. The Morgan fingerprint density at radius 2 is 1.81 bits per heavy atom. The number of aliphatic hydroxyl groups is 1. The van der Waals surface area contributed by atoms with Crippen molar-refractivity contribution in [2.24, 2.45) is 5.92 Å². The number of carbonyl (C=O) groups excluding carboxylic acids is 2. The molecular formula is C24H26BrNO5. The summed E-state index contributed by atoms with van der Waals surface area (Å²) in [6, 6.07) is 12.2. The third-order valence-electron chi connectivity index (χ3n) is 5.69. The number of Topliss-reactive ketones (excluding diaryl/α,β-unsaturated/α-hetero) is 2. The van der Waals surface area contributed by atoms with Crippen LogP contribution in [0.2, 0.25) is 0 Å². The van der Waals surface area contributed by atoms with Gasteiger partial charge in [-0.2, -0.15) is 0 Å². The molecule has 3 unspecified atom stereocenters. The van der Waals surface area contributed by atoms with Gasteiger partial charge in [-0.25, -0.2) is 0 Å². The summed E-state index contributed by atoms with van der Waals surface area (Å²) in [6.07, 6.45) is 0.119. The zero-order valence-corrected chi connectivity index (χ0v) is 19.5. The lowest BCUT2D eigenvalue weighted by Crippen LogP contribution is -2.48. The fourth-order valence-corrected chi connectivity index (χ4v) is 4.71. The molecule has 6 nitrogen and oxygen atoms in total. The number of carbonyl (C=O) groups is 2. The molecule has 1 aliphatic carbocycles. The highest BCUT2D eigenvalue weighted by atomic mass is 79.9. The second kappa shape index (κ2) is 8.85. The molecule has 3 rings (SSSR count). The summed E-state index contributed by atoms with van der Waals surface area (Å²) in [6.45, 7) is 4.50. The Balaban J connectivity index is 2.23. The van der Waals surface area contributed by atoms with E-state index >= 15 is 0 Å². The lowest BCUT2D eigenvalue weighted by atomic mass is 9.64. The van der Waals surface area contributed by atoms with Crippen LogP contribution in [0.1, 0.15) is 38.7 Å². The number of ether oxygens (including phenoxy) is 1. The molecule has 2 aromatic carbocycles. The molecule has 0 spiro atoms. The molecule has 0 aromatic heterocycles. The van der Waals surface area contributed by atoms with Crippen LogP contribution < -0.4 is 10.1 Å². The van der Waals surface area contributed by atoms with Crippen LogP contribution in [0, 0.1) is 5.92 Å². The van der Waals surface area contributed by atoms with Gasteiger partial charge in [-0.15, -0.1) is 0 Å². The number of allylic oxidation sites excluding steroid dienone is 1. The predicted octanol–water partition coefficient (Wildman–Crippen LogP) is 4.56. The average Bonchev–Trinajstić information content (AvgIpc) is 2.68. The minimum atomic E-state index is -1.39. The maximum atomic E-state index is 12.9. The molecule has 0 saturated carbocycles. The third kappa shape index (κ3) is 4.67. The lowest BCUT2D eigenvalue weighted by molar-refractivity contribution is -0.131. The maximum Gasteiger partial charge on any atom is 0.160 e. The van der Waals surface area contributed by atoms with Crippen molar-refractivity contribution in [2.75, 3.05) is 12.4 Å². The number of anilines is 1. The van der Waals surface area contributed by atoms with Gasteiger partial charge >= 0.3 is 0 Å². The minimum absolute atomic E-state index is 0.0465. The highest BCUT2D eigenvalue weighted by molar-refractivity contribution is 9.10. The van der Waals surface area contributed by atoms with Gasteiger partial charge in [0.15, 0.2) is 17.3 Å². The second-order valence-corrected chi connectivity index (χ2v) is 9.03. The number of rotatable bonds is 6. The number of aromatic hydroxyl groups is 1. The first-order chi connectivity index (χ1) is 14.5. The Labute approximate surface area is 190 Å². The monoisotopic (exact) mass is 487 g/mol. The first kappa shape index (κ1) is 23.0. The second-order valence-electron chi connectivity index (χ2n) is 8.11. The van der Waals surface area contributed by atoms with Crippen molar-refractivity contribution >= 4 is 33.2 Å². The van der Waals surface area contributed by atoms with Gasteiger partial charge in [-0.05, 0) is 62.7 Å². The normalized spacial score (nSPS) is 23.4. The molecule has 1 aliphatic rings. The summed E-state index contributed by atoms with van der Waals surface area (Å²) in [7, 11) is 1.43. The molecule has 0 fully saturated rings. The molecule has 0 heterocycles. The van der Waals surface area contributed by atoms with Crippen molar-refractivity contribution < 1.29 is 24.5 Å². The average molecular weight is 488 g/mol. The van der Waals surface area contributed by atoms with Crippen LogP contribution >= 0.6 is 15.9 Å². The molecule has 0 radical (unpaired) electrons. The number of phenols is 1. The maximum absolute atomic E-state index is 12.9. The first-order valence-electron chi connectivity index (χ1n) is 9.91. The number of benzene rings is 2. The summed E-state index contributed by atoms with van der Waals surface area (Å²) in [5, 5.41) is 24.6. The molecule has 2 aromatic rings. The Bertz CT molecular complexity index is 1040. The van der Waals surface area contributed by atoms with Crippen molar-refractivity contribution in [2.45, 2.75) is 38.7 Å². The zero-order valence-electron chi connectivity index (χ0n) is 17.9. The van der Waals surface area contributed by atoms with Gasteiger partial charge in [0, 0.05) is 33.8 Å². The predicted molar refractivity (Wildman–Crippen MR) is 122 cm³/mol. The molecule has 0 aliphatic heterocycles. The van der Waals surface area contributed by atoms with Crippen LogP contribution in [-0.4, -0.2) is 34.5 Å². The van der Waals surface area contributed by atoms with Crippen LogP contribution in [0.25, 0.3) is 0 Å². The largest absolute Gasteiger partial charge is 0.504 e.